The van der Waals surface area contributed by atoms with Crippen molar-refractivity contribution in [2.24, 2.45) is 5.92 Å². The average Bonchev–Trinajstić information content (AvgIpc) is 2.58. The summed E-state index contributed by atoms with van der Waals surface area (Å²) in [5.41, 5.74) is 1.19. The molecule has 1 aromatic rings. The van der Waals surface area contributed by atoms with Gasteiger partial charge in [-0.3, -0.25) is 4.79 Å². The highest BCUT2D eigenvalue weighted by molar-refractivity contribution is 5.84. The fourth-order valence-corrected chi connectivity index (χ4v) is 2.72. The molecule has 2 N–H and O–H groups in total. The van der Waals surface area contributed by atoms with E-state index in [9.17, 15) is 14.7 Å². The van der Waals surface area contributed by atoms with Gasteiger partial charge in [-0.05, 0) is 36.5 Å². The summed E-state index contributed by atoms with van der Waals surface area (Å²) in [6.45, 7) is 4.99. The monoisotopic (exact) mass is 335 g/mol. The SMILES string of the molecule is CC(C)c1ccc(OCC(=O)NC(C(=O)O)C2CCCOC2)cc1. The molecule has 1 fully saturated rings. The first-order valence-electron chi connectivity index (χ1n) is 8.30. The van der Waals surface area contributed by atoms with Crippen molar-refractivity contribution in [3.63, 3.8) is 0 Å². The van der Waals surface area contributed by atoms with Crippen molar-refractivity contribution in [3.8, 4) is 5.75 Å². The molecule has 0 aliphatic carbocycles. The zero-order chi connectivity index (χ0) is 17.5. The van der Waals surface area contributed by atoms with Crippen LogP contribution >= 0.6 is 0 Å². The van der Waals surface area contributed by atoms with Gasteiger partial charge in [-0.25, -0.2) is 4.79 Å². The average molecular weight is 335 g/mol. The molecule has 1 aliphatic rings. The number of hydrogen-bond acceptors (Lipinski definition) is 4. The molecule has 1 saturated heterocycles. The second-order valence-corrected chi connectivity index (χ2v) is 6.37. The zero-order valence-corrected chi connectivity index (χ0v) is 14.2. The second kappa shape index (κ2) is 8.68. The summed E-state index contributed by atoms with van der Waals surface area (Å²) in [6, 6.07) is 6.59. The Morgan fingerprint density at radius 3 is 2.58 bits per heavy atom. The van der Waals surface area contributed by atoms with Gasteiger partial charge in [0.2, 0.25) is 0 Å². The van der Waals surface area contributed by atoms with Crippen LogP contribution in [0.25, 0.3) is 0 Å². The molecule has 2 atom stereocenters. The Morgan fingerprint density at radius 1 is 1.33 bits per heavy atom. The summed E-state index contributed by atoms with van der Waals surface area (Å²) in [5.74, 6) is -0.676. The molecule has 6 nitrogen and oxygen atoms in total. The van der Waals surface area contributed by atoms with Crippen molar-refractivity contribution in [2.75, 3.05) is 19.8 Å². The lowest BCUT2D eigenvalue weighted by Gasteiger charge is -2.28. The lowest BCUT2D eigenvalue weighted by atomic mass is 9.93. The Balaban J connectivity index is 1.85. The first-order valence-corrected chi connectivity index (χ1v) is 8.30. The van der Waals surface area contributed by atoms with Gasteiger partial charge in [-0.2, -0.15) is 0 Å². The number of rotatable bonds is 7. The highest BCUT2D eigenvalue weighted by Crippen LogP contribution is 2.19. The van der Waals surface area contributed by atoms with E-state index in [-0.39, 0.29) is 12.5 Å². The van der Waals surface area contributed by atoms with E-state index in [1.54, 1.807) is 0 Å². The van der Waals surface area contributed by atoms with E-state index in [0.717, 1.165) is 12.8 Å². The fourth-order valence-electron chi connectivity index (χ4n) is 2.72. The Labute approximate surface area is 142 Å². The molecule has 24 heavy (non-hydrogen) atoms. The quantitative estimate of drug-likeness (QED) is 0.798. The van der Waals surface area contributed by atoms with Crippen LogP contribution in [0, 0.1) is 5.92 Å². The van der Waals surface area contributed by atoms with Crippen LogP contribution in [-0.2, 0) is 14.3 Å². The number of carbonyl (C=O) groups is 2. The molecule has 6 heteroatoms. The van der Waals surface area contributed by atoms with E-state index < -0.39 is 17.9 Å². The van der Waals surface area contributed by atoms with Gasteiger partial charge in [0.25, 0.3) is 5.91 Å². The van der Waals surface area contributed by atoms with Crippen LogP contribution in [-0.4, -0.2) is 42.8 Å². The van der Waals surface area contributed by atoms with Gasteiger partial charge in [-0.1, -0.05) is 26.0 Å². The van der Waals surface area contributed by atoms with E-state index in [4.69, 9.17) is 9.47 Å². The molecule has 1 amide bonds. The maximum absolute atomic E-state index is 12.0. The first-order chi connectivity index (χ1) is 11.5. The molecule has 0 saturated carbocycles. The second-order valence-electron chi connectivity index (χ2n) is 6.37. The van der Waals surface area contributed by atoms with E-state index in [0.29, 0.717) is 24.9 Å². The highest BCUT2D eigenvalue weighted by atomic mass is 16.5. The van der Waals surface area contributed by atoms with Gasteiger partial charge in [0.15, 0.2) is 6.61 Å². The Morgan fingerprint density at radius 2 is 2.04 bits per heavy atom. The minimum atomic E-state index is -1.04. The third-order valence-electron chi connectivity index (χ3n) is 4.17. The van der Waals surface area contributed by atoms with Gasteiger partial charge in [0, 0.05) is 12.5 Å². The largest absolute Gasteiger partial charge is 0.484 e. The molecule has 0 aromatic heterocycles. The summed E-state index contributed by atoms with van der Waals surface area (Å²) in [6.07, 6.45) is 1.54. The smallest absolute Gasteiger partial charge is 0.326 e. The van der Waals surface area contributed by atoms with Gasteiger partial charge in [0.05, 0.1) is 6.61 Å². The summed E-state index contributed by atoms with van der Waals surface area (Å²) < 4.78 is 10.7. The highest BCUT2D eigenvalue weighted by Gasteiger charge is 2.31. The Hall–Kier alpha value is -2.08. The molecule has 0 spiro atoms. The van der Waals surface area contributed by atoms with Crippen LogP contribution in [0.15, 0.2) is 24.3 Å². The molecule has 2 unspecified atom stereocenters. The maximum Gasteiger partial charge on any atom is 0.326 e. The van der Waals surface area contributed by atoms with Crippen molar-refractivity contribution in [1.82, 2.24) is 5.32 Å². The summed E-state index contributed by atoms with van der Waals surface area (Å²) in [7, 11) is 0. The number of hydrogen-bond donors (Lipinski definition) is 2. The van der Waals surface area contributed by atoms with Crippen molar-refractivity contribution in [1.29, 1.82) is 0 Å². The molecular formula is C18H25NO5. The third-order valence-corrected chi connectivity index (χ3v) is 4.17. The predicted octanol–water partition coefficient (Wildman–Crippen LogP) is 2.18. The Kier molecular flexibility index (Phi) is 6.61. The first kappa shape index (κ1) is 18.3. The van der Waals surface area contributed by atoms with Crippen LogP contribution in [0.4, 0.5) is 0 Å². The van der Waals surface area contributed by atoms with E-state index >= 15 is 0 Å². The molecule has 132 valence electrons. The number of amides is 1. The zero-order valence-electron chi connectivity index (χ0n) is 14.2. The minimum Gasteiger partial charge on any atom is -0.484 e. The van der Waals surface area contributed by atoms with Crippen molar-refractivity contribution >= 4 is 11.9 Å². The molecule has 1 heterocycles. The predicted molar refractivity (Wildman–Crippen MR) is 89.1 cm³/mol. The van der Waals surface area contributed by atoms with Crippen molar-refractivity contribution in [2.45, 2.75) is 38.6 Å². The standard InChI is InChI=1S/C18H25NO5/c1-12(2)13-5-7-15(8-6-13)24-11-16(20)19-17(18(21)22)14-4-3-9-23-10-14/h5-8,12,14,17H,3-4,9-11H2,1-2H3,(H,19,20)(H,21,22). The molecule has 0 radical (unpaired) electrons. The summed E-state index contributed by atoms with van der Waals surface area (Å²) >= 11 is 0. The van der Waals surface area contributed by atoms with Crippen LogP contribution in [0.3, 0.4) is 0 Å². The van der Waals surface area contributed by atoms with E-state index in [1.165, 1.54) is 5.56 Å². The minimum absolute atomic E-state index is 0.203. The number of nitrogens with one attached hydrogen (secondary N) is 1. The van der Waals surface area contributed by atoms with Crippen LogP contribution in [0.5, 0.6) is 5.75 Å². The normalized spacial score (nSPS) is 18.9. The molecular weight excluding hydrogens is 310 g/mol. The number of carboxylic acids is 1. The topological polar surface area (TPSA) is 84.9 Å². The van der Waals surface area contributed by atoms with Crippen molar-refractivity contribution < 1.29 is 24.2 Å². The van der Waals surface area contributed by atoms with E-state index in [2.05, 4.69) is 19.2 Å². The Bertz CT molecular complexity index is 549. The fraction of sp³-hybridized carbons (Fsp3) is 0.556. The number of ether oxygens (including phenoxy) is 2. The number of carboxylic acid groups (broad SMARTS) is 1. The molecule has 1 aromatic carbocycles. The van der Waals surface area contributed by atoms with Crippen molar-refractivity contribution in [3.05, 3.63) is 29.8 Å². The van der Waals surface area contributed by atoms with E-state index in [1.807, 2.05) is 24.3 Å². The van der Waals surface area contributed by atoms with Crippen LogP contribution < -0.4 is 10.1 Å². The summed E-state index contributed by atoms with van der Waals surface area (Å²) in [5, 5.41) is 11.9. The van der Waals surface area contributed by atoms with Gasteiger partial charge < -0.3 is 19.9 Å². The van der Waals surface area contributed by atoms with Gasteiger partial charge in [0.1, 0.15) is 11.8 Å². The maximum atomic E-state index is 12.0. The lowest BCUT2D eigenvalue weighted by molar-refractivity contribution is -0.145. The van der Waals surface area contributed by atoms with Gasteiger partial charge >= 0.3 is 5.97 Å². The molecule has 0 bridgehead atoms. The number of aliphatic carboxylic acids is 1. The summed E-state index contributed by atoms with van der Waals surface area (Å²) in [4.78, 5) is 23.4. The number of benzene rings is 1. The van der Waals surface area contributed by atoms with Gasteiger partial charge in [-0.15, -0.1) is 0 Å². The molecule has 1 aliphatic heterocycles. The third kappa shape index (κ3) is 5.23. The van der Waals surface area contributed by atoms with Crippen LogP contribution in [0.1, 0.15) is 38.2 Å². The molecule has 2 rings (SSSR count). The van der Waals surface area contributed by atoms with Crippen LogP contribution in [0.2, 0.25) is 0 Å². The number of carbonyl (C=O) groups excluding carboxylic acids is 1. The lowest BCUT2D eigenvalue weighted by Crippen LogP contribution is -2.49.